The fourth-order valence-corrected chi connectivity index (χ4v) is 6.65. The van der Waals surface area contributed by atoms with Gasteiger partial charge in [-0.1, -0.05) is 135 Å². The second-order valence-corrected chi connectivity index (χ2v) is 10.9. The van der Waals surface area contributed by atoms with Gasteiger partial charge in [0.1, 0.15) is 11.2 Å². The summed E-state index contributed by atoms with van der Waals surface area (Å²) in [6.45, 7) is 4.11. The molecule has 1 aromatic heterocycles. The Bertz CT molecular complexity index is 3140. The van der Waals surface area contributed by atoms with Gasteiger partial charge in [-0.15, -0.1) is 0 Å². The van der Waals surface area contributed by atoms with Gasteiger partial charge in [0.15, 0.2) is 0 Å². The molecule has 0 saturated carbocycles. The van der Waals surface area contributed by atoms with E-state index in [9.17, 15) is 6.85 Å². The molecule has 0 saturated heterocycles. The zero-order valence-electron chi connectivity index (χ0n) is 37.4. The van der Waals surface area contributed by atoms with E-state index in [2.05, 4.69) is 13.8 Å². The molecule has 1 heteroatoms. The van der Waals surface area contributed by atoms with Gasteiger partial charge in [0.2, 0.25) is 0 Å². The van der Waals surface area contributed by atoms with Crippen LogP contribution >= 0.6 is 0 Å². The third-order valence-electron chi connectivity index (χ3n) is 8.45. The van der Waals surface area contributed by atoms with Crippen LogP contribution in [0.3, 0.4) is 0 Å². The molecule has 0 aliphatic heterocycles. The predicted octanol–water partition coefficient (Wildman–Crippen LogP) is 11.5. The molecule has 7 aromatic carbocycles. The molecule has 0 atom stereocenters. The molecule has 9 rings (SSSR count). The van der Waals surface area contributed by atoms with Gasteiger partial charge in [-0.3, -0.25) is 0 Å². The van der Waals surface area contributed by atoms with Crippen molar-refractivity contribution in [3.8, 4) is 33.4 Å². The Morgan fingerprint density at radius 2 is 1.02 bits per heavy atom. The molecule has 0 fully saturated rings. The van der Waals surface area contributed by atoms with Crippen LogP contribution in [0.15, 0.2) is 138 Å². The normalized spacial score (nSPS) is 18.7. The highest BCUT2D eigenvalue weighted by molar-refractivity contribution is 6.26. The molecular formula is C41H28O. The van der Waals surface area contributed by atoms with Crippen molar-refractivity contribution >= 4 is 43.5 Å². The fraction of sp³-hybridized carbons (Fsp3) is 0.0732. The van der Waals surface area contributed by atoms with E-state index in [1.165, 1.54) is 0 Å². The lowest BCUT2D eigenvalue weighted by Gasteiger charge is -2.22. The Morgan fingerprint density at radius 1 is 0.476 bits per heavy atom. The summed E-state index contributed by atoms with van der Waals surface area (Å²) in [4.78, 5) is 0. The number of fused-ring (bicyclic) bond motifs is 8. The van der Waals surface area contributed by atoms with Crippen LogP contribution in [-0.2, 0) is 5.41 Å². The highest BCUT2D eigenvalue weighted by Gasteiger charge is 2.37. The van der Waals surface area contributed by atoms with E-state index in [1.54, 1.807) is 12.1 Å². The van der Waals surface area contributed by atoms with E-state index in [1.807, 2.05) is 30.3 Å². The number of para-hydroxylation sites is 1. The van der Waals surface area contributed by atoms with Gasteiger partial charge in [0.25, 0.3) is 0 Å². The van der Waals surface area contributed by atoms with Crippen LogP contribution in [0.4, 0.5) is 0 Å². The maximum Gasteiger partial charge on any atom is 0.136 e. The van der Waals surface area contributed by atoms with Gasteiger partial charge >= 0.3 is 0 Å². The first-order chi connectivity index (χ1) is 26.9. The van der Waals surface area contributed by atoms with Crippen LogP contribution in [0.25, 0.3) is 76.9 Å². The van der Waals surface area contributed by atoms with Crippen molar-refractivity contribution in [2.24, 2.45) is 0 Å². The number of benzene rings is 7. The van der Waals surface area contributed by atoms with Crippen LogP contribution in [0.5, 0.6) is 0 Å². The molecule has 0 radical (unpaired) electrons. The Morgan fingerprint density at radius 3 is 1.74 bits per heavy atom. The molecule has 0 N–H and O–H groups in total. The fourth-order valence-electron chi connectivity index (χ4n) is 6.65. The van der Waals surface area contributed by atoms with Crippen molar-refractivity contribution in [1.29, 1.82) is 0 Å². The van der Waals surface area contributed by atoms with Gasteiger partial charge in [-0.25, -0.2) is 0 Å². The van der Waals surface area contributed by atoms with E-state index in [0.717, 1.165) is 16.7 Å². The molecule has 0 spiro atoms. The summed E-state index contributed by atoms with van der Waals surface area (Å²) < 4.78 is 141. The van der Waals surface area contributed by atoms with Gasteiger partial charge in [-0.2, -0.15) is 0 Å². The highest BCUT2D eigenvalue weighted by Crippen LogP contribution is 2.54. The largest absolute Gasteiger partial charge is 0.456 e. The molecule has 8 aromatic rings. The van der Waals surface area contributed by atoms with Gasteiger partial charge in [-0.05, 0) is 78.1 Å². The van der Waals surface area contributed by atoms with Gasteiger partial charge < -0.3 is 4.42 Å². The summed E-state index contributed by atoms with van der Waals surface area (Å²) >= 11 is 0. The zero-order valence-corrected chi connectivity index (χ0v) is 22.4. The average Bonchev–Trinajstić information content (AvgIpc) is 3.71. The molecule has 0 bridgehead atoms. The molecule has 42 heavy (non-hydrogen) atoms. The maximum absolute atomic E-state index is 9.48. The number of hydrogen-bond acceptors (Lipinski definition) is 1. The summed E-state index contributed by atoms with van der Waals surface area (Å²) in [5.74, 6) is 0. The zero-order chi connectivity index (χ0) is 41.1. The predicted molar refractivity (Wildman–Crippen MR) is 177 cm³/mol. The lowest BCUT2D eigenvalue weighted by Crippen LogP contribution is -2.14. The van der Waals surface area contributed by atoms with E-state index in [0.29, 0.717) is 11.1 Å². The number of hydrogen-bond donors (Lipinski definition) is 0. The van der Waals surface area contributed by atoms with Crippen molar-refractivity contribution in [3.63, 3.8) is 0 Å². The van der Waals surface area contributed by atoms with Crippen LogP contribution in [-0.4, -0.2) is 0 Å². The minimum Gasteiger partial charge on any atom is -0.456 e. The van der Waals surface area contributed by atoms with Crippen molar-refractivity contribution in [2.45, 2.75) is 19.3 Å². The van der Waals surface area contributed by atoms with E-state index in [4.69, 9.17) is 18.1 Å². The molecule has 1 heterocycles. The molecule has 0 unspecified atom stereocenters. The molecule has 1 aliphatic rings. The standard InChI is InChI=1S/C41H28O/c1-41(2)33-21-9-7-17-29(33)39-31(19-11-22-34(39)41)37-25-13-3-5-15-27(25)38(28-16-6-4-14-26(28)37)32-20-12-24-36-40(32)30-18-8-10-23-35(30)42-36/h3-24H,1-2H3/i3D,4D,5D,6D,8D,10D,12D,13D,14D,15D,16D,18D,20D,23D,24D. The lowest BCUT2D eigenvalue weighted by molar-refractivity contribution is 0.660. The van der Waals surface area contributed by atoms with E-state index < -0.39 is 102 Å². The lowest BCUT2D eigenvalue weighted by atomic mass is 9.80. The third kappa shape index (κ3) is 3.03. The Kier molecular flexibility index (Phi) is 2.66. The van der Waals surface area contributed by atoms with Gasteiger partial charge in [0, 0.05) is 16.2 Å². The van der Waals surface area contributed by atoms with Crippen LogP contribution < -0.4 is 0 Å². The summed E-state index contributed by atoms with van der Waals surface area (Å²) in [6.07, 6.45) is 0. The second kappa shape index (κ2) is 8.44. The molecule has 0 amide bonds. The smallest absolute Gasteiger partial charge is 0.136 e. The molecular weight excluding hydrogens is 508 g/mol. The first-order valence-corrected chi connectivity index (χ1v) is 13.5. The molecule has 198 valence electrons. The Labute approximate surface area is 265 Å². The van der Waals surface area contributed by atoms with E-state index >= 15 is 0 Å². The molecule has 1 nitrogen and oxygen atoms in total. The minimum absolute atomic E-state index is 0.0945. The topological polar surface area (TPSA) is 13.1 Å². The van der Waals surface area contributed by atoms with Crippen molar-refractivity contribution < 1.29 is 25.0 Å². The summed E-state index contributed by atoms with van der Waals surface area (Å²) in [5, 5.41) is -1.27. The third-order valence-corrected chi connectivity index (χ3v) is 8.45. The van der Waals surface area contributed by atoms with Crippen molar-refractivity contribution in [1.82, 2.24) is 0 Å². The summed E-state index contributed by atoms with van der Waals surface area (Å²) in [6, 6.07) is 3.76. The second-order valence-electron chi connectivity index (χ2n) is 10.9. The SMILES string of the molecule is [2H]c1c([2H])c([2H])c2c(oc3c([2H])c([2H])c([2H])c(-c4c5c([2H])c([2H])c([2H])c([2H])c5c(-c5cccc6c5-c5ccccc5C6(C)C)c5c([2H])c([2H])c([2H])c([2H])c45)c32)c1[2H]. The first-order valence-electron chi connectivity index (χ1n) is 21.0. The number of furan rings is 1. The van der Waals surface area contributed by atoms with Crippen LogP contribution in [0.1, 0.15) is 45.5 Å². The van der Waals surface area contributed by atoms with Crippen molar-refractivity contribution in [2.75, 3.05) is 0 Å². The Hall–Kier alpha value is -5.14. The number of rotatable bonds is 2. The van der Waals surface area contributed by atoms with E-state index in [-0.39, 0.29) is 54.6 Å². The van der Waals surface area contributed by atoms with Crippen LogP contribution in [0, 0.1) is 0 Å². The van der Waals surface area contributed by atoms with Crippen molar-refractivity contribution in [3.05, 3.63) is 144 Å². The summed E-state index contributed by atoms with van der Waals surface area (Å²) in [5.41, 5.74) is 1.98. The van der Waals surface area contributed by atoms with Crippen LogP contribution in [0.2, 0.25) is 0 Å². The average molecular weight is 552 g/mol. The quantitative estimate of drug-likeness (QED) is 0.195. The highest BCUT2D eigenvalue weighted by atomic mass is 16.3. The first kappa shape index (κ1) is 13.2. The maximum atomic E-state index is 9.48. The summed E-state index contributed by atoms with van der Waals surface area (Å²) in [7, 11) is 0. The Balaban J connectivity index is 1.65. The van der Waals surface area contributed by atoms with Gasteiger partial charge in [0.05, 0.1) is 20.6 Å². The minimum atomic E-state index is -0.710. The molecule has 1 aliphatic carbocycles. The monoisotopic (exact) mass is 551 g/mol.